The fourth-order valence-electron chi connectivity index (χ4n) is 3.44. The Balaban J connectivity index is 1.45. The van der Waals surface area contributed by atoms with E-state index in [0.717, 1.165) is 23.4 Å². The molecule has 4 heterocycles. The Morgan fingerprint density at radius 1 is 1.12 bits per heavy atom. The lowest BCUT2D eigenvalue weighted by Crippen LogP contribution is -2.39. The molecular weight excluding hydrogens is 351 g/mol. The topological polar surface area (TPSA) is 67.4 Å². The molecule has 1 amide bonds. The molecule has 0 spiro atoms. The lowest BCUT2D eigenvalue weighted by molar-refractivity contribution is -0.147. The number of carbonyl (C=O) groups is 1. The van der Waals surface area contributed by atoms with Crippen LogP contribution < -0.4 is 0 Å². The monoisotopic (exact) mass is 369 g/mol. The third kappa shape index (κ3) is 3.20. The molecule has 0 N–H and O–H groups in total. The highest BCUT2D eigenvalue weighted by Crippen LogP contribution is 2.29. The van der Waals surface area contributed by atoms with E-state index in [4.69, 9.17) is 4.42 Å². The number of hydrogen-bond acceptors (Lipinski definition) is 5. The standard InChI is InChI=1S/C16H18F3N5O2/c17-16(18,19)15-21-20-13-10-23(7-8-24(13)15)14(25)12-4-3-11(26-12)9-22-5-1-2-6-22/h3-4H,1-2,5-10H2. The second-order valence-corrected chi connectivity index (χ2v) is 6.57. The van der Waals surface area contributed by atoms with Crippen molar-refractivity contribution in [1.82, 2.24) is 24.6 Å². The van der Waals surface area contributed by atoms with Crippen molar-refractivity contribution in [2.45, 2.75) is 38.7 Å². The molecule has 2 aliphatic heterocycles. The molecule has 1 saturated heterocycles. The van der Waals surface area contributed by atoms with E-state index in [9.17, 15) is 18.0 Å². The maximum atomic E-state index is 12.9. The summed E-state index contributed by atoms with van der Waals surface area (Å²) in [5.41, 5.74) is 0. The molecule has 7 nitrogen and oxygen atoms in total. The molecule has 2 aromatic rings. The van der Waals surface area contributed by atoms with Crippen LogP contribution in [0.5, 0.6) is 0 Å². The number of alkyl halides is 3. The molecule has 0 unspecified atom stereocenters. The minimum absolute atomic E-state index is 0.00423. The number of hydrogen-bond donors (Lipinski definition) is 0. The quantitative estimate of drug-likeness (QED) is 0.829. The number of halogens is 3. The lowest BCUT2D eigenvalue weighted by atomic mass is 10.3. The number of fused-ring (bicyclic) bond motifs is 1. The van der Waals surface area contributed by atoms with E-state index in [0.29, 0.717) is 6.54 Å². The Bertz CT molecular complexity index is 807. The fourth-order valence-corrected chi connectivity index (χ4v) is 3.44. The molecule has 2 aromatic heterocycles. The number of aromatic nitrogens is 3. The van der Waals surface area contributed by atoms with Crippen molar-refractivity contribution in [2.24, 2.45) is 0 Å². The molecule has 26 heavy (non-hydrogen) atoms. The van der Waals surface area contributed by atoms with Crippen LogP contribution in [0.2, 0.25) is 0 Å². The number of nitrogens with zero attached hydrogens (tertiary/aromatic N) is 5. The summed E-state index contributed by atoms with van der Waals surface area (Å²) in [7, 11) is 0. The summed E-state index contributed by atoms with van der Waals surface area (Å²) < 4.78 is 45.3. The van der Waals surface area contributed by atoms with Gasteiger partial charge in [-0.2, -0.15) is 13.2 Å². The molecule has 4 rings (SSSR count). The van der Waals surface area contributed by atoms with Crippen molar-refractivity contribution < 1.29 is 22.4 Å². The third-order valence-corrected chi connectivity index (χ3v) is 4.74. The van der Waals surface area contributed by atoms with Gasteiger partial charge in [-0.1, -0.05) is 0 Å². The highest BCUT2D eigenvalue weighted by atomic mass is 19.4. The van der Waals surface area contributed by atoms with E-state index >= 15 is 0 Å². The van der Waals surface area contributed by atoms with Gasteiger partial charge < -0.3 is 13.9 Å². The van der Waals surface area contributed by atoms with Gasteiger partial charge in [0.1, 0.15) is 5.76 Å². The summed E-state index contributed by atoms with van der Waals surface area (Å²) in [6.07, 6.45) is -2.22. The second kappa shape index (κ2) is 6.42. The zero-order valence-corrected chi connectivity index (χ0v) is 14.0. The van der Waals surface area contributed by atoms with Crippen LogP contribution in [0.15, 0.2) is 16.5 Å². The normalized spacial score (nSPS) is 18.3. The SMILES string of the molecule is O=C(c1ccc(CN2CCCC2)o1)N1CCn2c(nnc2C(F)(F)F)C1. The average molecular weight is 369 g/mol. The number of furan rings is 1. The molecule has 1 fully saturated rings. The van der Waals surface area contributed by atoms with Gasteiger partial charge in [0.15, 0.2) is 11.6 Å². The van der Waals surface area contributed by atoms with Gasteiger partial charge in [0.05, 0.1) is 13.1 Å². The van der Waals surface area contributed by atoms with Crippen LogP contribution in [0.4, 0.5) is 13.2 Å². The van der Waals surface area contributed by atoms with Crippen molar-refractivity contribution in [3.8, 4) is 0 Å². The fraction of sp³-hybridized carbons (Fsp3) is 0.562. The minimum Gasteiger partial charge on any atom is -0.455 e. The van der Waals surface area contributed by atoms with E-state index in [1.165, 1.54) is 17.7 Å². The van der Waals surface area contributed by atoms with E-state index in [-0.39, 0.29) is 37.1 Å². The smallest absolute Gasteiger partial charge is 0.451 e. The summed E-state index contributed by atoms with van der Waals surface area (Å²) in [6.45, 7) is 2.83. The van der Waals surface area contributed by atoms with Crippen molar-refractivity contribution >= 4 is 5.91 Å². The highest BCUT2D eigenvalue weighted by Gasteiger charge is 2.40. The summed E-state index contributed by atoms with van der Waals surface area (Å²) in [4.78, 5) is 16.3. The Morgan fingerprint density at radius 3 is 2.62 bits per heavy atom. The van der Waals surface area contributed by atoms with Crippen molar-refractivity contribution in [3.63, 3.8) is 0 Å². The van der Waals surface area contributed by atoms with Crippen LogP contribution in [0.1, 0.15) is 40.8 Å². The Labute approximate surface area is 147 Å². The number of amides is 1. The molecule has 10 heteroatoms. The van der Waals surface area contributed by atoms with Crippen LogP contribution >= 0.6 is 0 Å². The summed E-state index contributed by atoms with van der Waals surface area (Å²) in [5, 5.41) is 6.80. The number of likely N-dealkylation sites (tertiary alicyclic amines) is 1. The first-order valence-corrected chi connectivity index (χ1v) is 8.51. The van der Waals surface area contributed by atoms with Crippen LogP contribution in [0, 0.1) is 0 Å². The number of rotatable bonds is 3. The molecule has 0 aliphatic carbocycles. The predicted octanol–water partition coefficient (Wildman–Crippen LogP) is 2.14. The first-order valence-electron chi connectivity index (χ1n) is 8.51. The zero-order chi connectivity index (χ0) is 18.3. The van der Waals surface area contributed by atoms with E-state index in [1.807, 2.05) is 0 Å². The van der Waals surface area contributed by atoms with Gasteiger partial charge in [-0.05, 0) is 38.1 Å². The van der Waals surface area contributed by atoms with Gasteiger partial charge in [0.2, 0.25) is 5.82 Å². The number of carbonyl (C=O) groups excluding carboxylic acids is 1. The van der Waals surface area contributed by atoms with Crippen LogP contribution in [-0.2, 0) is 25.8 Å². The second-order valence-electron chi connectivity index (χ2n) is 6.57. The van der Waals surface area contributed by atoms with Crippen molar-refractivity contribution in [2.75, 3.05) is 19.6 Å². The van der Waals surface area contributed by atoms with E-state index in [1.54, 1.807) is 12.1 Å². The first kappa shape index (κ1) is 17.1. The van der Waals surface area contributed by atoms with Gasteiger partial charge in [-0.25, -0.2) is 0 Å². The molecule has 0 atom stereocenters. The highest BCUT2D eigenvalue weighted by molar-refractivity contribution is 5.91. The maximum absolute atomic E-state index is 12.9. The third-order valence-electron chi connectivity index (χ3n) is 4.74. The van der Waals surface area contributed by atoms with Crippen LogP contribution in [0.3, 0.4) is 0 Å². The molecular formula is C16H18F3N5O2. The maximum Gasteiger partial charge on any atom is 0.451 e. The van der Waals surface area contributed by atoms with Gasteiger partial charge in [0, 0.05) is 13.1 Å². The lowest BCUT2D eigenvalue weighted by Gasteiger charge is -2.27. The molecule has 2 aliphatic rings. The van der Waals surface area contributed by atoms with Gasteiger partial charge >= 0.3 is 6.18 Å². The van der Waals surface area contributed by atoms with Crippen molar-refractivity contribution in [3.05, 3.63) is 35.3 Å². The van der Waals surface area contributed by atoms with Gasteiger partial charge in [0.25, 0.3) is 5.91 Å². The first-order chi connectivity index (χ1) is 12.4. The Hall–Kier alpha value is -2.36. The molecule has 140 valence electrons. The summed E-state index contributed by atoms with van der Waals surface area (Å²) >= 11 is 0. The molecule has 0 bridgehead atoms. The van der Waals surface area contributed by atoms with Gasteiger partial charge in [-0.15, -0.1) is 10.2 Å². The summed E-state index contributed by atoms with van der Waals surface area (Å²) in [6, 6.07) is 3.40. The van der Waals surface area contributed by atoms with Crippen LogP contribution in [0.25, 0.3) is 0 Å². The Morgan fingerprint density at radius 2 is 1.88 bits per heavy atom. The predicted molar refractivity (Wildman–Crippen MR) is 83.0 cm³/mol. The van der Waals surface area contributed by atoms with Crippen LogP contribution in [-0.4, -0.2) is 50.1 Å². The Kier molecular flexibility index (Phi) is 4.22. The zero-order valence-electron chi connectivity index (χ0n) is 14.0. The molecule has 0 saturated carbocycles. The van der Waals surface area contributed by atoms with E-state index < -0.39 is 12.0 Å². The molecule has 0 radical (unpaired) electrons. The van der Waals surface area contributed by atoms with E-state index in [2.05, 4.69) is 15.1 Å². The average Bonchev–Trinajstić information content (AvgIpc) is 3.33. The van der Waals surface area contributed by atoms with Gasteiger partial charge in [-0.3, -0.25) is 9.69 Å². The summed E-state index contributed by atoms with van der Waals surface area (Å²) in [5.74, 6) is -0.329. The van der Waals surface area contributed by atoms with Crippen molar-refractivity contribution in [1.29, 1.82) is 0 Å². The minimum atomic E-state index is -4.55. The largest absolute Gasteiger partial charge is 0.455 e. The molecule has 0 aromatic carbocycles.